The van der Waals surface area contributed by atoms with E-state index in [1.807, 2.05) is 19.9 Å². The van der Waals surface area contributed by atoms with Crippen LogP contribution >= 0.6 is 0 Å². The van der Waals surface area contributed by atoms with Crippen LogP contribution in [0.15, 0.2) is 24.3 Å². The summed E-state index contributed by atoms with van der Waals surface area (Å²) in [5.41, 5.74) is 0. The van der Waals surface area contributed by atoms with Gasteiger partial charge in [0.1, 0.15) is 0 Å². The van der Waals surface area contributed by atoms with Crippen molar-refractivity contribution in [3.8, 4) is 0 Å². The molecule has 2 nitrogen and oxygen atoms in total. The average molecular weight is 379 g/mol. The van der Waals surface area contributed by atoms with Crippen molar-refractivity contribution in [1.29, 1.82) is 0 Å². The van der Waals surface area contributed by atoms with E-state index in [0.717, 1.165) is 6.42 Å². The summed E-state index contributed by atoms with van der Waals surface area (Å²) in [5.74, 6) is 0.230. The fraction of sp³-hybridized carbons (Fsp3) is 0.500. The Kier molecular flexibility index (Phi) is 13.3. The first kappa shape index (κ1) is 17.0. The molecule has 0 N–H and O–H groups in total. The SMILES string of the molecule is C/C=C/C=C/C(=O)OCCC(C)[CH-]C.[W+2]. The van der Waals surface area contributed by atoms with Crippen LogP contribution in [-0.2, 0) is 30.6 Å². The summed E-state index contributed by atoms with van der Waals surface area (Å²) in [6.07, 6.45) is 9.75. The number of hydrogen-bond acceptors (Lipinski definition) is 2. The van der Waals surface area contributed by atoms with Crippen LogP contribution in [-0.4, -0.2) is 12.6 Å². The Bertz CT molecular complexity index is 210. The summed E-state index contributed by atoms with van der Waals surface area (Å²) in [6.45, 7) is 6.50. The van der Waals surface area contributed by atoms with Gasteiger partial charge in [0.15, 0.2) is 0 Å². The zero-order valence-corrected chi connectivity index (χ0v) is 12.5. The first-order chi connectivity index (χ1) is 6.70. The van der Waals surface area contributed by atoms with E-state index in [2.05, 4.69) is 13.3 Å². The van der Waals surface area contributed by atoms with E-state index in [0.29, 0.717) is 12.5 Å². The Balaban J connectivity index is 0. The fourth-order valence-electron chi connectivity index (χ4n) is 0.805. The van der Waals surface area contributed by atoms with Crippen LogP contribution in [0, 0.1) is 12.3 Å². The average Bonchev–Trinajstić information content (AvgIpc) is 2.18. The molecule has 0 spiro atoms. The third-order valence-corrected chi connectivity index (χ3v) is 1.92. The minimum absolute atomic E-state index is 0. The van der Waals surface area contributed by atoms with Crippen molar-refractivity contribution in [3.05, 3.63) is 30.7 Å². The summed E-state index contributed by atoms with van der Waals surface area (Å²) < 4.78 is 4.98. The largest absolute Gasteiger partial charge is 2.00 e. The number of carbonyl (C=O) groups is 1. The Labute approximate surface area is 107 Å². The standard InChI is InChI=1S/C12H19O2.W/c1-4-6-7-8-12(13)14-10-9-11(3)5-2;/h4-8,11H,9-10H2,1-3H3;/q-1;+2/b6-4+,8-7+;. The molecule has 0 aromatic rings. The van der Waals surface area contributed by atoms with Crippen molar-refractivity contribution in [2.45, 2.75) is 27.2 Å². The zero-order valence-electron chi connectivity index (χ0n) is 9.60. The third-order valence-electron chi connectivity index (χ3n) is 1.92. The molecule has 1 atom stereocenters. The van der Waals surface area contributed by atoms with Gasteiger partial charge in [-0.25, -0.2) is 4.79 Å². The van der Waals surface area contributed by atoms with Gasteiger partial charge in [0.05, 0.1) is 6.61 Å². The van der Waals surface area contributed by atoms with Gasteiger partial charge in [-0.1, -0.05) is 25.2 Å². The summed E-state index contributed by atoms with van der Waals surface area (Å²) in [5, 5.41) is 0. The van der Waals surface area contributed by atoms with Gasteiger partial charge in [0, 0.05) is 6.08 Å². The van der Waals surface area contributed by atoms with Gasteiger partial charge in [-0.05, 0) is 13.3 Å². The maximum Gasteiger partial charge on any atom is 2.00 e. The molecule has 15 heavy (non-hydrogen) atoms. The van der Waals surface area contributed by atoms with Gasteiger partial charge in [-0.15, -0.1) is 0 Å². The first-order valence-electron chi connectivity index (χ1n) is 4.96. The molecular formula is C12H19O2W+. The van der Waals surface area contributed by atoms with E-state index in [1.165, 1.54) is 6.08 Å². The molecule has 0 aliphatic rings. The Hall–Kier alpha value is -0.362. The van der Waals surface area contributed by atoms with Crippen LogP contribution in [0.2, 0.25) is 0 Å². The van der Waals surface area contributed by atoms with E-state index in [4.69, 9.17) is 4.74 Å². The van der Waals surface area contributed by atoms with Crippen LogP contribution in [0.4, 0.5) is 0 Å². The van der Waals surface area contributed by atoms with Gasteiger partial charge in [0.25, 0.3) is 0 Å². The fourth-order valence-corrected chi connectivity index (χ4v) is 0.805. The molecular weight excluding hydrogens is 360 g/mol. The number of carbonyl (C=O) groups excluding carboxylic acids is 1. The van der Waals surface area contributed by atoms with E-state index in [9.17, 15) is 4.79 Å². The van der Waals surface area contributed by atoms with Gasteiger partial charge in [0.2, 0.25) is 0 Å². The Morgan fingerprint density at radius 3 is 2.67 bits per heavy atom. The molecule has 0 aliphatic carbocycles. The maximum absolute atomic E-state index is 11.0. The molecule has 0 radical (unpaired) electrons. The van der Waals surface area contributed by atoms with Crippen LogP contribution in [0.3, 0.4) is 0 Å². The van der Waals surface area contributed by atoms with E-state index in [1.54, 1.807) is 12.2 Å². The second-order valence-electron chi connectivity index (χ2n) is 3.15. The molecule has 0 aromatic heterocycles. The van der Waals surface area contributed by atoms with Gasteiger partial charge in [-0.2, -0.15) is 12.8 Å². The van der Waals surface area contributed by atoms with Crippen molar-refractivity contribution >= 4 is 5.97 Å². The number of rotatable bonds is 6. The van der Waals surface area contributed by atoms with Gasteiger partial charge >= 0.3 is 27.0 Å². The molecule has 0 aliphatic heterocycles. The number of ether oxygens (including phenoxy) is 1. The molecule has 84 valence electrons. The number of esters is 1. The second-order valence-corrected chi connectivity index (χ2v) is 3.15. The summed E-state index contributed by atoms with van der Waals surface area (Å²) in [7, 11) is 0. The number of allylic oxidation sites excluding steroid dienone is 3. The summed E-state index contributed by atoms with van der Waals surface area (Å²) in [6, 6.07) is 0. The molecule has 0 saturated carbocycles. The van der Waals surface area contributed by atoms with Crippen molar-refractivity contribution in [2.75, 3.05) is 6.61 Å². The van der Waals surface area contributed by atoms with Crippen molar-refractivity contribution in [2.24, 2.45) is 5.92 Å². The van der Waals surface area contributed by atoms with E-state index >= 15 is 0 Å². The molecule has 0 fully saturated rings. The summed E-state index contributed by atoms with van der Waals surface area (Å²) >= 11 is 0. The minimum Gasteiger partial charge on any atom is -0.463 e. The van der Waals surface area contributed by atoms with Crippen LogP contribution in [0.5, 0.6) is 0 Å². The molecule has 0 rings (SSSR count). The quantitative estimate of drug-likeness (QED) is 0.307. The van der Waals surface area contributed by atoms with Crippen LogP contribution < -0.4 is 0 Å². The Morgan fingerprint density at radius 1 is 1.47 bits per heavy atom. The predicted molar refractivity (Wildman–Crippen MR) is 58.7 cm³/mol. The van der Waals surface area contributed by atoms with E-state index < -0.39 is 0 Å². The zero-order chi connectivity index (χ0) is 10.8. The van der Waals surface area contributed by atoms with Crippen LogP contribution in [0.1, 0.15) is 27.2 Å². The van der Waals surface area contributed by atoms with E-state index in [-0.39, 0.29) is 27.0 Å². The van der Waals surface area contributed by atoms with Crippen molar-refractivity contribution in [3.63, 3.8) is 0 Å². The topological polar surface area (TPSA) is 26.3 Å². The normalized spacial score (nSPS) is 12.7. The molecule has 0 amide bonds. The molecule has 0 aromatic carbocycles. The molecule has 0 saturated heterocycles. The Morgan fingerprint density at radius 2 is 2.13 bits per heavy atom. The smallest absolute Gasteiger partial charge is 0.463 e. The van der Waals surface area contributed by atoms with Crippen molar-refractivity contribution < 1.29 is 30.6 Å². The predicted octanol–water partition coefficient (Wildman–Crippen LogP) is 2.91. The van der Waals surface area contributed by atoms with Gasteiger partial charge in [-0.3, -0.25) is 0 Å². The number of hydrogen-bond donors (Lipinski definition) is 0. The van der Waals surface area contributed by atoms with Crippen molar-refractivity contribution in [1.82, 2.24) is 0 Å². The monoisotopic (exact) mass is 379 g/mol. The first-order valence-corrected chi connectivity index (χ1v) is 4.96. The van der Waals surface area contributed by atoms with Gasteiger partial charge < -0.3 is 11.2 Å². The minimum atomic E-state index is -0.272. The molecule has 1 unspecified atom stereocenters. The molecule has 0 bridgehead atoms. The summed E-state index contributed by atoms with van der Waals surface area (Å²) in [4.78, 5) is 11.0. The third kappa shape index (κ3) is 11.6. The molecule has 3 heteroatoms. The van der Waals surface area contributed by atoms with Crippen LogP contribution in [0.25, 0.3) is 0 Å². The maximum atomic E-state index is 11.0. The second kappa shape index (κ2) is 11.7. The molecule has 0 heterocycles.